The van der Waals surface area contributed by atoms with E-state index in [1.54, 1.807) is 12.1 Å². The van der Waals surface area contributed by atoms with Crippen LogP contribution in [0.5, 0.6) is 17.2 Å². The Kier molecular flexibility index (Phi) is 6.70. The first kappa shape index (κ1) is 19.9. The second-order valence-corrected chi connectivity index (χ2v) is 7.09. The van der Waals surface area contributed by atoms with E-state index in [0.29, 0.717) is 34.4 Å². The molecule has 2 aromatic carbocycles. The van der Waals surface area contributed by atoms with Crippen LogP contribution in [-0.4, -0.2) is 35.5 Å². The fourth-order valence-electron chi connectivity index (χ4n) is 2.10. The molecule has 0 spiro atoms. The molecule has 0 aliphatic carbocycles. The minimum atomic E-state index is -3.79. The van der Waals surface area contributed by atoms with Gasteiger partial charge in [-0.1, -0.05) is 11.6 Å². The van der Waals surface area contributed by atoms with Crippen LogP contribution in [0.2, 0.25) is 5.02 Å². The maximum atomic E-state index is 12.2. The van der Waals surface area contributed by atoms with Crippen molar-refractivity contribution in [3.05, 3.63) is 47.0 Å². The summed E-state index contributed by atoms with van der Waals surface area (Å²) in [5.41, 5.74) is 0.570. The van der Waals surface area contributed by atoms with Gasteiger partial charge in [-0.3, -0.25) is 0 Å². The summed E-state index contributed by atoms with van der Waals surface area (Å²) in [4.78, 5) is 2.20. The minimum Gasteiger partial charge on any atom is -0.493 e. The lowest BCUT2D eigenvalue weighted by Gasteiger charge is -2.14. The van der Waals surface area contributed by atoms with E-state index >= 15 is 0 Å². The summed E-state index contributed by atoms with van der Waals surface area (Å²) < 4.78 is 40.5. The van der Waals surface area contributed by atoms with E-state index < -0.39 is 10.0 Å². The molecule has 0 radical (unpaired) electrons. The molecule has 2 rings (SSSR count). The normalized spacial score (nSPS) is 11.4. The highest BCUT2D eigenvalue weighted by atomic mass is 35.5. The Morgan fingerprint density at radius 1 is 1.12 bits per heavy atom. The average Bonchev–Trinajstić information content (AvgIpc) is 2.62. The van der Waals surface area contributed by atoms with Crippen LogP contribution in [0.25, 0.3) is 0 Å². The van der Waals surface area contributed by atoms with Crippen LogP contribution in [0.4, 0.5) is 0 Å². The van der Waals surface area contributed by atoms with Gasteiger partial charge in [0.05, 0.1) is 31.9 Å². The number of hydrogen-bond donors (Lipinski definition) is 1. The van der Waals surface area contributed by atoms with Crippen LogP contribution in [0.1, 0.15) is 12.5 Å². The predicted octanol–water partition coefficient (Wildman–Crippen LogP) is 3.07. The third kappa shape index (κ3) is 4.80. The fraction of sp³-hybridized carbons (Fsp3) is 0.235. The molecule has 0 saturated carbocycles. The van der Waals surface area contributed by atoms with Gasteiger partial charge in [0.25, 0.3) is 10.0 Å². The largest absolute Gasteiger partial charge is 0.493 e. The van der Waals surface area contributed by atoms with Crippen molar-refractivity contribution in [3.63, 3.8) is 0 Å². The second-order valence-electron chi connectivity index (χ2n) is 4.99. The number of rotatable bonds is 8. The summed E-state index contributed by atoms with van der Waals surface area (Å²) in [5.74, 6) is 1.37. The van der Waals surface area contributed by atoms with Crippen molar-refractivity contribution in [2.24, 2.45) is 5.10 Å². The number of halogens is 1. The molecular formula is C17H19ClN2O5S. The number of nitrogens with zero attached hydrogens (tertiary/aromatic N) is 1. The molecule has 7 nitrogen and oxygen atoms in total. The first-order chi connectivity index (χ1) is 12.4. The molecular weight excluding hydrogens is 380 g/mol. The lowest BCUT2D eigenvalue weighted by Crippen LogP contribution is -2.18. The maximum Gasteiger partial charge on any atom is 0.276 e. The molecule has 140 valence electrons. The van der Waals surface area contributed by atoms with Gasteiger partial charge in [-0.15, -0.1) is 0 Å². The molecule has 0 heterocycles. The zero-order valence-corrected chi connectivity index (χ0v) is 16.1. The molecule has 0 fully saturated rings. The van der Waals surface area contributed by atoms with E-state index in [1.807, 2.05) is 6.92 Å². The van der Waals surface area contributed by atoms with Gasteiger partial charge < -0.3 is 14.2 Å². The monoisotopic (exact) mass is 398 g/mol. The van der Waals surface area contributed by atoms with E-state index in [9.17, 15) is 8.42 Å². The van der Waals surface area contributed by atoms with Crippen molar-refractivity contribution in [3.8, 4) is 17.2 Å². The quantitative estimate of drug-likeness (QED) is 0.545. The van der Waals surface area contributed by atoms with Crippen LogP contribution in [0.3, 0.4) is 0 Å². The number of nitrogens with one attached hydrogen (secondary N) is 1. The van der Waals surface area contributed by atoms with Crippen molar-refractivity contribution in [1.29, 1.82) is 0 Å². The number of sulfonamides is 1. The predicted molar refractivity (Wildman–Crippen MR) is 100 cm³/mol. The third-order valence-electron chi connectivity index (χ3n) is 3.28. The molecule has 0 aliphatic rings. The Bertz CT molecular complexity index is 858. The van der Waals surface area contributed by atoms with Crippen LogP contribution < -0.4 is 19.0 Å². The van der Waals surface area contributed by atoms with Gasteiger partial charge in [0.2, 0.25) is 5.75 Å². The van der Waals surface area contributed by atoms with Gasteiger partial charge >= 0.3 is 0 Å². The van der Waals surface area contributed by atoms with Crippen molar-refractivity contribution < 1.29 is 22.6 Å². The number of hydrazone groups is 1. The Labute approximate surface area is 157 Å². The molecule has 9 heteroatoms. The molecule has 0 saturated heterocycles. The molecule has 0 unspecified atom stereocenters. The van der Waals surface area contributed by atoms with Gasteiger partial charge in [0.15, 0.2) is 11.5 Å². The summed E-state index contributed by atoms with van der Waals surface area (Å²) in [6.07, 6.45) is 1.34. The Morgan fingerprint density at radius 2 is 1.69 bits per heavy atom. The second kappa shape index (κ2) is 8.77. The number of ether oxygens (including phenoxy) is 3. The molecule has 0 atom stereocenters. The van der Waals surface area contributed by atoms with E-state index in [-0.39, 0.29) is 4.90 Å². The zero-order chi connectivity index (χ0) is 19.2. The lowest BCUT2D eigenvalue weighted by molar-refractivity contribution is 0.288. The fourth-order valence-corrected chi connectivity index (χ4v) is 3.02. The van der Waals surface area contributed by atoms with Crippen molar-refractivity contribution in [2.75, 3.05) is 20.8 Å². The highest BCUT2D eigenvalue weighted by Crippen LogP contribution is 2.38. The SMILES string of the molecule is CCOc1c(OC)cc(/C=N/NS(=O)(=O)c2ccc(Cl)cc2)cc1OC. The number of benzene rings is 2. The first-order valence-electron chi connectivity index (χ1n) is 7.60. The molecule has 1 N–H and O–H groups in total. The first-order valence-corrected chi connectivity index (χ1v) is 9.46. The molecule has 0 bridgehead atoms. The van der Waals surface area contributed by atoms with Gasteiger partial charge in [-0.2, -0.15) is 13.5 Å². The molecule has 26 heavy (non-hydrogen) atoms. The highest BCUT2D eigenvalue weighted by Gasteiger charge is 2.14. The van der Waals surface area contributed by atoms with Gasteiger partial charge in [-0.25, -0.2) is 4.83 Å². The van der Waals surface area contributed by atoms with Gasteiger partial charge in [0, 0.05) is 10.6 Å². The Morgan fingerprint density at radius 3 is 2.19 bits per heavy atom. The van der Waals surface area contributed by atoms with Gasteiger partial charge in [-0.05, 0) is 43.3 Å². The van der Waals surface area contributed by atoms with Crippen LogP contribution >= 0.6 is 11.6 Å². The molecule has 0 amide bonds. The van der Waals surface area contributed by atoms with Crippen LogP contribution in [-0.2, 0) is 10.0 Å². The van der Waals surface area contributed by atoms with Gasteiger partial charge in [0.1, 0.15) is 0 Å². The standard InChI is InChI=1S/C17H19ClN2O5S/c1-4-25-17-15(23-2)9-12(10-16(17)24-3)11-19-20-26(21,22)14-7-5-13(18)6-8-14/h5-11,20H,4H2,1-3H3/b19-11+. The molecule has 0 aromatic heterocycles. The number of hydrogen-bond acceptors (Lipinski definition) is 6. The van der Waals surface area contributed by atoms with Crippen LogP contribution in [0.15, 0.2) is 46.4 Å². The van der Waals surface area contributed by atoms with Crippen LogP contribution in [0, 0.1) is 0 Å². The lowest BCUT2D eigenvalue weighted by atomic mass is 10.2. The highest BCUT2D eigenvalue weighted by molar-refractivity contribution is 7.89. The summed E-state index contributed by atoms with van der Waals surface area (Å²) in [6, 6.07) is 9.08. The van der Waals surface area contributed by atoms with E-state index in [0.717, 1.165) is 0 Å². The smallest absolute Gasteiger partial charge is 0.276 e. The Balaban J connectivity index is 2.23. The van der Waals surface area contributed by atoms with Crippen molar-refractivity contribution >= 4 is 27.8 Å². The Hall–Kier alpha value is -2.45. The van der Waals surface area contributed by atoms with Crippen molar-refractivity contribution in [1.82, 2.24) is 4.83 Å². The summed E-state index contributed by atoms with van der Waals surface area (Å²) in [7, 11) is -0.786. The maximum absolute atomic E-state index is 12.2. The van der Waals surface area contributed by atoms with E-state index in [1.165, 1.54) is 44.7 Å². The van der Waals surface area contributed by atoms with E-state index in [2.05, 4.69) is 9.93 Å². The molecule has 2 aromatic rings. The average molecular weight is 399 g/mol. The summed E-state index contributed by atoms with van der Waals surface area (Å²) >= 11 is 5.76. The number of methoxy groups -OCH3 is 2. The summed E-state index contributed by atoms with van der Waals surface area (Å²) in [5, 5.41) is 4.24. The third-order valence-corrected chi connectivity index (χ3v) is 4.77. The van der Waals surface area contributed by atoms with E-state index in [4.69, 9.17) is 25.8 Å². The zero-order valence-electron chi connectivity index (χ0n) is 14.5. The summed E-state index contributed by atoms with van der Waals surface area (Å²) in [6.45, 7) is 2.29. The molecule has 0 aliphatic heterocycles. The van der Waals surface area contributed by atoms with Crippen molar-refractivity contribution in [2.45, 2.75) is 11.8 Å². The topological polar surface area (TPSA) is 86.2 Å². The minimum absolute atomic E-state index is 0.0564.